The van der Waals surface area contributed by atoms with Gasteiger partial charge >= 0.3 is 0 Å². The van der Waals surface area contributed by atoms with Crippen LogP contribution < -0.4 is 5.32 Å². The summed E-state index contributed by atoms with van der Waals surface area (Å²) in [7, 11) is 0. The molecule has 0 saturated carbocycles. The number of hydrogen-bond acceptors (Lipinski definition) is 3. The first-order valence-electron chi connectivity index (χ1n) is 10.1. The number of nitrogens with one attached hydrogen (secondary N) is 1. The van der Waals surface area contributed by atoms with Crippen molar-refractivity contribution in [3.05, 3.63) is 102 Å². The predicted octanol–water partition coefficient (Wildman–Crippen LogP) is 5.06. The fourth-order valence-corrected chi connectivity index (χ4v) is 3.61. The van der Waals surface area contributed by atoms with Gasteiger partial charge in [-0.05, 0) is 55.8 Å². The standard InChI is InChI=1S/C25H21N5O/c1-17-12-13-29-16-23(28-24(29)14-17)19-8-10-20(11-9-19)27-25(31)22-15-26-30(18(22)2)21-6-4-3-5-7-21/h3-16H,1-2H3,(H,27,31). The molecule has 0 unspecified atom stereocenters. The highest BCUT2D eigenvalue weighted by molar-refractivity contribution is 6.05. The van der Waals surface area contributed by atoms with E-state index in [1.54, 1.807) is 10.9 Å². The largest absolute Gasteiger partial charge is 0.322 e. The van der Waals surface area contributed by atoms with Crippen molar-refractivity contribution in [1.29, 1.82) is 0 Å². The average Bonchev–Trinajstić information content (AvgIpc) is 3.38. The molecule has 31 heavy (non-hydrogen) atoms. The van der Waals surface area contributed by atoms with Crippen molar-refractivity contribution in [1.82, 2.24) is 19.2 Å². The summed E-state index contributed by atoms with van der Waals surface area (Å²) in [5.41, 5.74) is 6.96. The molecule has 0 saturated heterocycles. The Morgan fingerprint density at radius 1 is 0.968 bits per heavy atom. The van der Waals surface area contributed by atoms with Crippen LogP contribution in [0.2, 0.25) is 0 Å². The van der Waals surface area contributed by atoms with Gasteiger partial charge in [0.25, 0.3) is 5.91 Å². The summed E-state index contributed by atoms with van der Waals surface area (Å²) < 4.78 is 3.77. The first kappa shape index (κ1) is 18.8. The van der Waals surface area contributed by atoms with Gasteiger partial charge in [0, 0.05) is 23.6 Å². The number of benzene rings is 2. The van der Waals surface area contributed by atoms with Crippen LogP contribution in [0.25, 0.3) is 22.6 Å². The number of imidazole rings is 1. The van der Waals surface area contributed by atoms with Crippen LogP contribution in [0.1, 0.15) is 21.6 Å². The second kappa shape index (κ2) is 7.57. The molecule has 6 nitrogen and oxygen atoms in total. The first-order chi connectivity index (χ1) is 15.1. The quantitative estimate of drug-likeness (QED) is 0.453. The molecule has 0 atom stereocenters. The van der Waals surface area contributed by atoms with Gasteiger partial charge < -0.3 is 9.72 Å². The lowest BCUT2D eigenvalue weighted by atomic mass is 10.1. The highest BCUT2D eigenvalue weighted by Gasteiger charge is 2.15. The van der Waals surface area contributed by atoms with E-state index in [1.807, 2.05) is 78.3 Å². The van der Waals surface area contributed by atoms with Crippen molar-refractivity contribution in [2.24, 2.45) is 0 Å². The fourth-order valence-electron chi connectivity index (χ4n) is 3.61. The van der Waals surface area contributed by atoms with Gasteiger partial charge in [-0.2, -0.15) is 5.10 Å². The molecule has 0 aliphatic rings. The van der Waals surface area contributed by atoms with Crippen molar-refractivity contribution in [2.75, 3.05) is 5.32 Å². The van der Waals surface area contributed by atoms with Crippen molar-refractivity contribution < 1.29 is 4.79 Å². The predicted molar refractivity (Wildman–Crippen MR) is 122 cm³/mol. The van der Waals surface area contributed by atoms with Crippen LogP contribution in [0.5, 0.6) is 0 Å². The van der Waals surface area contributed by atoms with Gasteiger partial charge in [0.05, 0.1) is 28.8 Å². The Kier molecular flexibility index (Phi) is 4.59. The number of para-hydroxylation sites is 1. The fraction of sp³-hybridized carbons (Fsp3) is 0.0800. The number of hydrogen-bond donors (Lipinski definition) is 1. The number of aryl methyl sites for hydroxylation is 1. The minimum atomic E-state index is -0.185. The summed E-state index contributed by atoms with van der Waals surface area (Å²) in [6.07, 6.45) is 5.61. The summed E-state index contributed by atoms with van der Waals surface area (Å²) in [6, 6.07) is 21.6. The Morgan fingerprint density at radius 3 is 2.52 bits per heavy atom. The number of rotatable bonds is 4. The Balaban J connectivity index is 1.35. The maximum atomic E-state index is 12.8. The topological polar surface area (TPSA) is 64.2 Å². The number of anilines is 1. The molecule has 0 fully saturated rings. The summed E-state index contributed by atoms with van der Waals surface area (Å²) in [6.45, 7) is 3.94. The van der Waals surface area contributed by atoms with Gasteiger partial charge in [-0.25, -0.2) is 9.67 Å². The molecule has 3 heterocycles. The van der Waals surface area contributed by atoms with E-state index in [4.69, 9.17) is 0 Å². The van der Waals surface area contributed by atoms with Crippen LogP contribution in [0.15, 0.2) is 85.3 Å². The SMILES string of the molecule is Cc1ccn2cc(-c3ccc(NC(=O)c4cnn(-c5ccccc5)c4C)cc3)nc2c1. The molecular formula is C25H21N5O. The maximum Gasteiger partial charge on any atom is 0.259 e. The second-order valence-electron chi connectivity index (χ2n) is 7.52. The molecule has 5 rings (SSSR count). The summed E-state index contributed by atoms with van der Waals surface area (Å²) in [5.74, 6) is -0.185. The Hall–Kier alpha value is -4.19. The van der Waals surface area contributed by atoms with Crippen LogP contribution in [0.4, 0.5) is 5.69 Å². The summed E-state index contributed by atoms with van der Waals surface area (Å²) >= 11 is 0. The molecule has 5 aromatic rings. The number of amides is 1. The second-order valence-corrected chi connectivity index (χ2v) is 7.52. The number of carbonyl (C=O) groups is 1. The third kappa shape index (κ3) is 3.59. The molecule has 0 spiro atoms. The lowest BCUT2D eigenvalue weighted by Crippen LogP contribution is -2.13. The Labute approximate surface area is 179 Å². The number of aromatic nitrogens is 4. The van der Waals surface area contributed by atoms with E-state index in [-0.39, 0.29) is 5.91 Å². The summed E-state index contributed by atoms with van der Waals surface area (Å²) in [4.78, 5) is 17.5. The highest BCUT2D eigenvalue weighted by atomic mass is 16.1. The molecule has 6 heteroatoms. The minimum Gasteiger partial charge on any atom is -0.322 e. The molecule has 2 aromatic carbocycles. The van der Waals surface area contributed by atoms with E-state index >= 15 is 0 Å². The van der Waals surface area contributed by atoms with Gasteiger partial charge in [0.1, 0.15) is 5.65 Å². The van der Waals surface area contributed by atoms with E-state index in [1.165, 1.54) is 5.56 Å². The molecule has 1 amide bonds. The number of carbonyl (C=O) groups excluding carboxylic acids is 1. The molecule has 0 aliphatic carbocycles. The first-order valence-corrected chi connectivity index (χ1v) is 10.1. The number of fused-ring (bicyclic) bond motifs is 1. The third-order valence-electron chi connectivity index (χ3n) is 5.31. The zero-order chi connectivity index (χ0) is 21.4. The molecule has 1 N–H and O–H groups in total. The van der Waals surface area contributed by atoms with Gasteiger partial charge in [0.15, 0.2) is 0 Å². The van der Waals surface area contributed by atoms with Crippen LogP contribution in [0.3, 0.4) is 0 Å². The smallest absolute Gasteiger partial charge is 0.259 e. The molecule has 3 aromatic heterocycles. The number of nitrogens with zero attached hydrogens (tertiary/aromatic N) is 4. The zero-order valence-electron chi connectivity index (χ0n) is 17.3. The van der Waals surface area contributed by atoms with Crippen LogP contribution in [-0.4, -0.2) is 25.1 Å². The van der Waals surface area contributed by atoms with Crippen molar-refractivity contribution in [3.8, 4) is 16.9 Å². The lowest BCUT2D eigenvalue weighted by Gasteiger charge is -2.07. The molecule has 0 radical (unpaired) electrons. The Morgan fingerprint density at radius 2 is 1.74 bits per heavy atom. The Bertz CT molecular complexity index is 1380. The van der Waals surface area contributed by atoms with E-state index < -0.39 is 0 Å². The van der Waals surface area contributed by atoms with Crippen molar-refractivity contribution in [2.45, 2.75) is 13.8 Å². The highest BCUT2D eigenvalue weighted by Crippen LogP contribution is 2.22. The van der Waals surface area contributed by atoms with Gasteiger partial charge in [-0.1, -0.05) is 30.3 Å². The van der Waals surface area contributed by atoms with Crippen LogP contribution in [0, 0.1) is 13.8 Å². The molecular weight excluding hydrogens is 386 g/mol. The van der Waals surface area contributed by atoms with E-state index in [0.717, 1.165) is 34.0 Å². The van der Waals surface area contributed by atoms with E-state index in [2.05, 4.69) is 34.5 Å². The van der Waals surface area contributed by atoms with Gasteiger partial charge in [0.2, 0.25) is 0 Å². The molecule has 0 bridgehead atoms. The van der Waals surface area contributed by atoms with Crippen LogP contribution in [-0.2, 0) is 0 Å². The lowest BCUT2D eigenvalue weighted by molar-refractivity contribution is 0.102. The third-order valence-corrected chi connectivity index (χ3v) is 5.31. The van der Waals surface area contributed by atoms with Gasteiger partial charge in [-0.3, -0.25) is 4.79 Å². The minimum absolute atomic E-state index is 0.185. The van der Waals surface area contributed by atoms with E-state index in [9.17, 15) is 4.79 Å². The monoisotopic (exact) mass is 407 g/mol. The van der Waals surface area contributed by atoms with E-state index in [0.29, 0.717) is 5.56 Å². The molecule has 0 aliphatic heterocycles. The zero-order valence-corrected chi connectivity index (χ0v) is 17.3. The van der Waals surface area contributed by atoms with Crippen LogP contribution >= 0.6 is 0 Å². The normalized spacial score (nSPS) is 11.0. The van der Waals surface area contributed by atoms with Crippen molar-refractivity contribution in [3.63, 3.8) is 0 Å². The summed E-state index contributed by atoms with van der Waals surface area (Å²) in [5, 5.41) is 7.33. The number of pyridine rings is 1. The average molecular weight is 407 g/mol. The van der Waals surface area contributed by atoms with Gasteiger partial charge in [-0.15, -0.1) is 0 Å². The van der Waals surface area contributed by atoms with Crippen molar-refractivity contribution >= 4 is 17.2 Å². The molecule has 152 valence electrons. The maximum absolute atomic E-state index is 12.8.